The number of rotatable bonds is 0. The monoisotopic (exact) mass is 72.0 g/mol. The second-order valence-corrected chi connectivity index (χ2v) is 0.0833. The van der Waals surface area contributed by atoms with Crippen molar-refractivity contribution in [2.24, 2.45) is 0 Å². The maximum atomic E-state index is 8.12. The van der Waals surface area contributed by atoms with Crippen LogP contribution in [0.25, 0.3) is 0 Å². The molecule has 3 heteroatoms. The van der Waals surface area contributed by atoms with Crippen LogP contribution in [0, 0.1) is 7.43 Å². The van der Waals surface area contributed by atoms with Gasteiger partial charge in [-0.25, -0.2) is 0 Å². The second kappa shape index (κ2) is 158. The molecule has 0 aliphatic carbocycles. The Morgan fingerprint density at radius 2 is 1.20 bits per heavy atom. The van der Waals surface area contributed by atoms with E-state index in [1.165, 1.54) is 0 Å². The minimum absolute atomic E-state index is 0. The van der Waals surface area contributed by atoms with E-state index in [4.69, 9.17) is 9.59 Å². The van der Waals surface area contributed by atoms with Gasteiger partial charge in [0.25, 0.3) is 0 Å². The van der Waals surface area contributed by atoms with E-state index in [1.807, 2.05) is 0 Å². The first-order valence-electron chi connectivity index (χ1n) is 0.408. The lowest BCUT2D eigenvalue weighted by Gasteiger charge is -0.945. The fraction of sp³-hybridized carbons (Fsp3) is 0. The third-order valence-corrected chi connectivity index (χ3v) is 0. The Morgan fingerprint density at radius 3 is 1.20 bits per heavy atom. The summed E-state index contributed by atoms with van der Waals surface area (Å²) in [5.41, 5.74) is 0. The predicted octanol–water partition coefficient (Wildman–Crippen LogP) is -0.621. The highest BCUT2D eigenvalue weighted by Gasteiger charge is 1.13. The molecule has 0 saturated heterocycles. The highest BCUT2D eigenvalue weighted by molar-refractivity contribution is 5.20. The van der Waals surface area contributed by atoms with Crippen molar-refractivity contribution < 1.29 is 15.1 Å². The van der Waals surface area contributed by atoms with Gasteiger partial charge >= 0.3 is 6.15 Å². The first-order valence-corrected chi connectivity index (χ1v) is 0.408. The van der Waals surface area contributed by atoms with Gasteiger partial charge in [0.2, 0.25) is 0 Å². The SMILES string of the molecule is O=C=O.[C].[O]. The summed E-state index contributed by atoms with van der Waals surface area (Å²) in [6.45, 7) is 0. The average Bonchev–Trinajstić information content (AvgIpc) is 0.918. The molecule has 3 nitrogen and oxygen atoms in total. The van der Waals surface area contributed by atoms with E-state index >= 15 is 0 Å². The van der Waals surface area contributed by atoms with Crippen LogP contribution in [0.2, 0.25) is 0 Å². The van der Waals surface area contributed by atoms with E-state index in [1.54, 1.807) is 0 Å². The van der Waals surface area contributed by atoms with Crippen LogP contribution in [-0.2, 0) is 15.1 Å². The molecule has 0 unspecified atom stereocenters. The molecule has 0 spiro atoms. The minimum Gasteiger partial charge on any atom is -0.186 e. The average molecular weight is 72.0 g/mol. The summed E-state index contributed by atoms with van der Waals surface area (Å²) in [5, 5.41) is 0. The van der Waals surface area contributed by atoms with Gasteiger partial charge in [-0.05, 0) is 0 Å². The van der Waals surface area contributed by atoms with Gasteiger partial charge in [-0.1, -0.05) is 0 Å². The zero-order valence-corrected chi connectivity index (χ0v) is 2.22. The van der Waals surface area contributed by atoms with Crippen LogP contribution < -0.4 is 0 Å². The quantitative estimate of drug-likeness (QED) is 0.382. The van der Waals surface area contributed by atoms with E-state index in [9.17, 15) is 0 Å². The summed E-state index contributed by atoms with van der Waals surface area (Å²) < 4.78 is 0. The fourth-order valence-electron chi connectivity index (χ4n) is 0. The number of hydrogen-bond acceptors (Lipinski definition) is 2. The van der Waals surface area contributed by atoms with Crippen LogP contribution in [0.5, 0.6) is 0 Å². The lowest BCUT2D eigenvalue weighted by molar-refractivity contribution is -0.191. The molecule has 0 rings (SSSR count). The molecule has 0 aromatic heterocycles. The highest BCUT2D eigenvalue weighted by Crippen LogP contribution is 0.787. The van der Waals surface area contributed by atoms with Crippen molar-refractivity contribution in [1.82, 2.24) is 0 Å². The van der Waals surface area contributed by atoms with Crippen LogP contribution in [0.1, 0.15) is 0 Å². The third-order valence-electron chi connectivity index (χ3n) is 0. The Balaban J connectivity index is -0.0000000200. The number of carbonyl (C=O) groups excluding carboxylic acids is 2. The molecular weight excluding hydrogens is 72.0 g/mol. The Labute approximate surface area is 29.9 Å². The standard InChI is InChI=1S/CO2.C.O/c2-1-3;;. The summed E-state index contributed by atoms with van der Waals surface area (Å²) in [4.78, 5) is 16.2. The van der Waals surface area contributed by atoms with Gasteiger partial charge in [-0.3, -0.25) is 0 Å². The van der Waals surface area contributed by atoms with Crippen molar-refractivity contribution in [1.29, 1.82) is 0 Å². The molecule has 26 valence electrons. The zero-order chi connectivity index (χ0) is 2.71. The third kappa shape index (κ3) is 13.8. The molecule has 5 heavy (non-hydrogen) atoms. The van der Waals surface area contributed by atoms with Crippen molar-refractivity contribution in [3.8, 4) is 0 Å². The van der Waals surface area contributed by atoms with Crippen molar-refractivity contribution in [2.45, 2.75) is 0 Å². The topological polar surface area (TPSA) is 62.6 Å². The Morgan fingerprint density at radius 1 is 1.20 bits per heavy atom. The normalized spacial score (nSPS) is 1.60. The molecule has 0 aliphatic heterocycles. The van der Waals surface area contributed by atoms with E-state index in [0.717, 1.165) is 0 Å². The molecule has 0 heterocycles. The molecular formula is C2O3. The molecule has 0 bridgehead atoms. The summed E-state index contributed by atoms with van der Waals surface area (Å²) >= 11 is 0. The van der Waals surface area contributed by atoms with Crippen molar-refractivity contribution in [2.75, 3.05) is 0 Å². The van der Waals surface area contributed by atoms with Crippen molar-refractivity contribution >= 4 is 6.15 Å². The van der Waals surface area contributed by atoms with Gasteiger partial charge in [-0.2, -0.15) is 9.59 Å². The van der Waals surface area contributed by atoms with Gasteiger partial charge < -0.3 is 0 Å². The summed E-state index contributed by atoms with van der Waals surface area (Å²) in [5.74, 6) is 0. The molecule has 0 saturated carbocycles. The maximum absolute atomic E-state index is 8.12. The first kappa shape index (κ1) is 27.0. The first-order chi connectivity index (χ1) is 1.41. The molecule has 0 N–H and O–H groups in total. The predicted molar refractivity (Wildman–Crippen MR) is 8.94 cm³/mol. The molecule has 6 radical (unpaired) electrons. The summed E-state index contributed by atoms with van der Waals surface area (Å²) in [6.07, 6.45) is 0.250. The van der Waals surface area contributed by atoms with E-state index in [2.05, 4.69) is 0 Å². The van der Waals surface area contributed by atoms with Gasteiger partial charge in [0.05, 0.1) is 0 Å². The summed E-state index contributed by atoms with van der Waals surface area (Å²) in [7, 11) is 0. The molecule has 0 atom stereocenters. The minimum atomic E-state index is 0. The van der Waals surface area contributed by atoms with Crippen molar-refractivity contribution in [3.05, 3.63) is 7.43 Å². The van der Waals surface area contributed by atoms with Gasteiger partial charge in [0.15, 0.2) is 0 Å². The lowest BCUT2D eigenvalue weighted by atomic mass is 11.8. The molecule has 0 aromatic rings. The van der Waals surface area contributed by atoms with Gasteiger partial charge in [0, 0.05) is 12.9 Å². The van der Waals surface area contributed by atoms with Gasteiger partial charge in [0.1, 0.15) is 0 Å². The Hall–Kier alpha value is -0.660. The summed E-state index contributed by atoms with van der Waals surface area (Å²) in [6, 6.07) is 0. The van der Waals surface area contributed by atoms with Crippen LogP contribution >= 0.6 is 0 Å². The van der Waals surface area contributed by atoms with E-state index < -0.39 is 0 Å². The highest BCUT2D eigenvalue weighted by atomic mass is 16.2. The van der Waals surface area contributed by atoms with Gasteiger partial charge in [-0.15, -0.1) is 0 Å². The smallest absolute Gasteiger partial charge is 0.186 e. The fourth-order valence-corrected chi connectivity index (χ4v) is 0. The lowest BCUT2D eigenvalue weighted by Crippen LogP contribution is -1.22. The molecule has 0 amide bonds. The van der Waals surface area contributed by atoms with Crippen LogP contribution in [0.4, 0.5) is 0 Å². The number of hydrogen-bond donors (Lipinski definition) is 0. The Kier molecular flexibility index (Phi) is 853. The maximum Gasteiger partial charge on any atom is 0.373 e. The van der Waals surface area contributed by atoms with Crippen LogP contribution in [0.3, 0.4) is 0 Å². The molecule has 0 fully saturated rings. The van der Waals surface area contributed by atoms with E-state index in [0.29, 0.717) is 0 Å². The van der Waals surface area contributed by atoms with Crippen LogP contribution in [0.15, 0.2) is 0 Å². The largest absolute Gasteiger partial charge is 0.373 e. The van der Waals surface area contributed by atoms with Crippen molar-refractivity contribution in [3.63, 3.8) is 0 Å². The molecule has 0 aromatic carbocycles. The van der Waals surface area contributed by atoms with E-state index in [-0.39, 0.29) is 19.1 Å². The zero-order valence-electron chi connectivity index (χ0n) is 2.22. The molecule has 0 aliphatic rings. The van der Waals surface area contributed by atoms with Crippen LogP contribution in [-0.4, -0.2) is 6.15 Å². The Bertz CT molecular complexity index is 25.9. The second-order valence-electron chi connectivity index (χ2n) is 0.0833.